The van der Waals surface area contributed by atoms with E-state index in [1.807, 2.05) is 0 Å². The van der Waals surface area contributed by atoms with Crippen molar-refractivity contribution in [2.75, 3.05) is 26.7 Å². The molecular formula is C15H20Cl2N2O2. The second-order valence-electron chi connectivity index (χ2n) is 5.12. The van der Waals surface area contributed by atoms with Crippen LogP contribution in [0.15, 0.2) is 18.2 Å². The zero-order valence-corrected chi connectivity index (χ0v) is 13.6. The minimum atomic E-state index is -0.0460. The Labute approximate surface area is 135 Å². The van der Waals surface area contributed by atoms with Gasteiger partial charge in [0, 0.05) is 23.6 Å². The van der Waals surface area contributed by atoms with Crippen molar-refractivity contribution in [1.29, 1.82) is 0 Å². The van der Waals surface area contributed by atoms with Gasteiger partial charge in [0.25, 0.3) is 0 Å². The number of hydrogen-bond acceptors (Lipinski definition) is 3. The maximum atomic E-state index is 11.9. The fourth-order valence-corrected chi connectivity index (χ4v) is 3.12. The second-order valence-corrected chi connectivity index (χ2v) is 5.99. The normalized spacial score (nSPS) is 19.3. The maximum absolute atomic E-state index is 11.9. The van der Waals surface area contributed by atoms with Crippen LogP contribution in [0.5, 0.6) is 5.75 Å². The van der Waals surface area contributed by atoms with E-state index >= 15 is 0 Å². The predicted molar refractivity (Wildman–Crippen MR) is 85.2 cm³/mol. The van der Waals surface area contributed by atoms with Crippen LogP contribution < -0.4 is 10.1 Å². The zero-order valence-electron chi connectivity index (χ0n) is 12.1. The highest BCUT2D eigenvalue weighted by Gasteiger charge is 2.27. The van der Waals surface area contributed by atoms with Gasteiger partial charge < -0.3 is 10.1 Å². The molecule has 4 nitrogen and oxygen atoms in total. The first kappa shape index (κ1) is 16.4. The standard InChI is InChI=1S/C15H20Cl2N2O2/c1-18-15(20)14-4-2-3-5-19(14)6-7-21-13-9-11(16)8-12(17)10-13/h8-10,14H,2-7H2,1H3,(H,18,20). The number of likely N-dealkylation sites (tertiary alicyclic amines) is 1. The van der Waals surface area contributed by atoms with Crippen LogP contribution in [0.2, 0.25) is 10.0 Å². The Morgan fingerprint density at radius 3 is 2.71 bits per heavy atom. The molecule has 1 amide bonds. The van der Waals surface area contributed by atoms with Crippen molar-refractivity contribution in [3.8, 4) is 5.75 Å². The van der Waals surface area contributed by atoms with Gasteiger partial charge in [-0.05, 0) is 37.6 Å². The van der Waals surface area contributed by atoms with E-state index < -0.39 is 0 Å². The number of halogens is 2. The van der Waals surface area contributed by atoms with E-state index in [4.69, 9.17) is 27.9 Å². The number of likely N-dealkylation sites (N-methyl/N-ethyl adjacent to an activating group) is 1. The molecule has 2 rings (SSSR count). The van der Waals surface area contributed by atoms with Crippen LogP contribution in [0.25, 0.3) is 0 Å². The van der Waals surface area contributed by atoms with Crippen molar-refractivity contribution >= 4 is 29.1 Å². The summed E-state index contributed by atoms with van der Waals surface area (Å²) in [5.41, 5.74) is 0. The van der Waals surface area contributed by atoms with Crippen molar-refractivity contribution < 1.29 is 9.53 Å². The lowest BCUT2D eigenvalue weighted by Crippen LogP contribution is -2.49. The third-order valence-corrected chi connectivity index (χ3v) is 4.08. The van der Waals surface area contributed by atoms with Crippen molar-refractivity contribution in [2.45, 2.75) is 25.3 Å². The van der Waals surface area contributed by atoms with Gasteiger partial charge in [-0.15, -0.1) is 0 Å². The first-order valence-corrected chi connectivity index (χ1v) is 7.90. The first-order valence-electron chi connectivity index (χ1n) is 7.14. The molecule has 0 aromatic heterocycles. The van der Waals surface area contributed by atoms with Crippen LogP contribution in [0.1, 0.15) is 19.3 Å². The average molecular weight is 331 g/mol. The molecule has 1 aromatic carbocycles. The Morgan fingerprint density at radius 1 is 1.33 bits per heavy atom. The van der Waals surface area contributed by atoms with Crippen molar-refractivity contribution in [3.05, 3.63) is 28.2 Å². The molecule has 1 N–H and O–H groups in total. The third kappa shape index (κ3) is 4.77. The fraction of sp³-hybridized carbons (Fsp3) is 0.533. The lowest BCUT2D eigenvalue weighted by atomic mass is 10.0. The van der Waals surface area contributed by atoms with Gasteiger partial charge in [-0.25, -0.2) is 0 Å². The Kier molecular flexibility index (Phi) is 6.15. The SMILES string of the molecule is CNC(=O)C1CCCCN1CCOc1cc(Cl)cc(Cl)c1. The predicted octanol–water partition coefficient (Wildman–Crippen LogP) is 2.97. The monoisotopic (exact) mass is 330 g/mol. The van der Waals surface area contributed by atoms with E-state index in [0.717, 1.165) is 25.8 Å². The third-order valence-electron chi connectivity index (χ3n) is 3.65. The van der Waals surface area contributed by atoms with Crippen LogP contribution >= 0.6 is 23.2 Å². The number of amides is 1. The summed E-state index contributed by atoms with van der Waals surface area (Å²) in [6, 6.07) is 5.09. The lowest BCUT2D eigenvalue weighted by Gasteiger charge is -2.34. The molecule has 116 valence electrons. The van der Waals surface area contributed by atoms with E-state index in [0.29, 0.717) is 28.9 Å². The number of piperidine rings is 1. The molecule has 1 aliphatic rings. The Bertz CT molecular complexity index is 476. The molecule has 21 heavy (non-hydrogen) atoms. The molecule has 0 saturated carbocycles. The van der Waals surface area contributed by atoms with Gasteiger partial charge in [0.2, 0.25) is 5.91 Å². The van der Waals surface area contributed by atoms with E-state index in [-0.39, 0.29) is 11.9 Å². The smallest absolute Gasteiger partial charge is 0.237 e. The molecule has 1 saturated heterocycles. The molecule has 0 aliphatic carbocycles. The van der Waals surface area contributed by atoms with Gasteiger partial charge in [-0.1, -0.05) is 29.6 Å². The Morgan fingerprint density at radius 2 is 2.05 bits per heavy atom. The van der Waals surface area contributed by atoms with Gasteiger partial charge >= 0.3 is 0 Å². The van der Waals surface area contributed by atoms with Crippen LogP contribution in [0.3, 0.4) is 0 Å². The highest BCUT2D eigenvalue weighted by atomic mass is 35.5. The van der Waals surface area contributed by atoms with Gasteiger partial charge in [-0.3, -0.25) is 9.69 Å². The summed E-state index contributed by atoms with van der Waals surface area (Å²) in [6.07, 6.45) is 3.12. The Hall–Kier alpha value is -0.970. The van der Waals surface area contributed by atoms with E-state index in [2.05, 4.69) is 10.2 Å². The number of carbonyl (C=O) groups excluding carboxylic acids is 1. The number of rotatable bonds is 5. The van der Waals surface area contributed by atoms with Gasteiger partial charge in [0.1, 0.15) is 12.4 Å². The highest BCUT2D eigenvalue weighted by Crippen LogP contribution is 2.24. The quantitative estimate of drug-likeness (QED) is 0.902. The molecule has 1 heterocycles. The molecule has 0 radical (unpaired) electrons. The second kappa shape index (κ2) is 7.87. The number of nitrogens with one attached hydrogen (secondary N) is 1. The van der Waals surface area contributed by atoms with Crippen LogP contribution in [0.4, 0.5) is 0 Å². The lowest BCUT2D eigenvalue weighted by molar-refractivity contribution is -0.127. The number of ether oxygens (including phenoxy) is 1. The minimum absolute atomic E-state index is 0.0460. The molecule has 0 spiro atoms. The summed E-state index contributed by atoms with van der Waals surface area (Å²) < 4.78 is 5.69. The van der Waals surface area contributed by atoms with Gasteiger partial charge in [0.15, 0.2) is 0 Å². The number of benzene rings is 1. The van der Waals surface area contributed by atoms with E-state index in [1.54, 1.807) is 25.2 Å². The largest absolute Gasteiger partial charge is 0.492 e. The maximum Gasteiger partial charge on any atom is 0.237 e. The van der Waals surface area contributed by atoms with Gasteiger partial charge in [0.05, 0.1) is 6.04 Å². The van der Waals surface area contributed by atoms with Crippen molar-refractivity contribution in [3.63, 3.8) is 0 Å². The van der Waals surface area contributed by atoms with Crippen molar-refractivity contribution in [2.24, 2.45) is 0 Å². The number of hydrogen-bond donors (Lipinski definition) is 1. The molecule has 1 fully saturated rings. The summed E-state index contributed by atoms with van der Waals surface area (Å²) in [4.78, 5) is 14.0. The van der Waals surface area contributed by atoms with E-state index in [1.165, 1.54) is 0 Å². The van der Waals surface area contributed by atoms with Crippen LogP contribution in [-0.4, -0.2) is 43.6 Å². The molecule has 1 aliphatic heterocycles. The fourth-order valence-electron chi connectivity index (χ4n) is 2.61. The number of nitrogens with zero attached hydrogens (tertiary/aromatic N) is 1. The summed E-state index contributed by atoms with van der Waals surface area (Å²) in [7, 11) is 1.68. The van der Waals surface area contributed by atoms with Crippen LogP contribution in [0, 0.1) is 0 Å². The summed E-state index contributed by atoms with van der Waals surface area (Å²) >= 11 is 11.9. The van der Waals surface area contributed by atoms with Crippen molar-refractivity contribution in [1.82, 2.24) is 10.2 Å². The molecule has 6 heteroatoms. The minimum Gasteiger partial charge on any atom is -0.492 e. The Balaban J connectivity index is 1.87. The topological polar surface area (TPSA) is 41.6 Å². The van der Waals surface area contributed by atoms with Gasteiger partial charge in [-0.2, -0.15) is 0 Å². The summed E-state index contributed by atoms with van der Waals surface area (Å²) in [5, 5.41) is 3.84. The number of carbonyl (C=O) groups is 1. The molecule has 0 bridgehead atoms. The summed E-state index contributed by atoms with van der Waals surface area (Å²) in [5.74, 6) is 0.738. The summed E-state index contributed by atoms with van der Waals surface area (Å²) in [6.45, 7) is 2.14. The molecule has 1 atom stereocenters. The highest BCUT2D eigenvalue weighted by molar-refractivity contribution is 6.34. The average Bonchev–Trinajstić information content (AvgIpc) is 2.46. The molecule has 1 aromatic rings. The molecule has 1 unspecified atom stereocenters. The van der Waals surface area contributed by atoms with Crippen LogP contribution in [-0.2, 0) is 4.79 Å². The zero-order chi connectivity index (χ0) is 15.2. The van der Waals surface area contributed by atoms with E-state index in [9.17, 15) is 4.79 Å². The first-order chi connectivity index (χ1) is 10.1. The molecular weight excluding hydrogens is 311 g/mol.